The first-order valence-electron chi connectivity index (χ1n) is 5.02. The van der Waals surface area contributed by atoms with Crippen LogP contribution in [-0.4, -0.2) is 31.6 Å². The van der Waals surface area contributed by atoms with Crippen molar-refractivity contribution in [1.82, 2.24) is 4.90 Å². The van der Waals surface area contributed by atoms with Crippen LogP contribution in [0.25, 0.3) is 0 Å². The summed E-state index contributed by atoms with van der Waals surface area (Å²) < 4.78 is 5.05. The number of rotatable bonds is 4. The number of hydrogen-bond acceptors (Lipinski definition) is 3. The molecule has 0 fully saturated rings. The van der Waals surface area contributed by atoms with E-state index in [9.17, 15) is 5.11 Å². The van der Waals surface area contributed by atoms with E-state index in [2.05, 4.69) is 12.0 Å². The first-order chi connectivity index (χ1) is 7.63. The number of aliphatic imine (C=N–C) groups is 1. The minimum atomic E-state index is -0.298. The summed E-state index contributed by atoms with van der Waals surface area (Å²) in [5, 5.41) is 11.1. The third-order valence-corrected chi connectivity index (χ3v) is 2.13. The van der Waals surface area contributed by atoms with Gasteiger partial charge in [-0.2, -0.15) is 0 Å². The molecule has 4 nitrogen and oxygen atoms in total. The van der Waals surface area contributed by atoms with E-state index < -0.39 is 0 Å². The second kappa shape index (κ2) is 10.4. The normalized spacial score (nSPS) is 10.1. The maximum absolute atomic E-state index is 11.1. The summed E-state index contributed by atoms with van der Waals surface area (Å²) in [5.41, 5.74) is 1.13. The van der Waals surface area contributed by atoms with Gasteiger partial charge in [-0.15, -0.1) is 0 Å². The molecule has 0 saturated heterocycles. The van der Waals surface area contributed by atoms with Gasteiger partial charge < -0.3 is 14.7 Å². The average Bonchev–Trinajstić information content (AvgIpc) is 2.29. The molecule has 0 bridgehead atoms. The van der Waals surface area contributed by atoms with Crippen LogP contribution in [0.3, 0.4) is 0 Å². The minimum absolute atomic E-state index is 0. The van der Waals surface area contributed by atoms with Crippen molar-refractivity contribution in [2.24, 2.45) is 4.99 Å². The summed E-state index contributed by atoms with van der Waals surface area (Å²) in [5.74, 6) is 0.828. The average molecular weight is 234 g/mol. The van der Waals surface area contributed by atoms with E-state index in [1.807, 2.05) is 24.3 Å². The van der Waals surface area contributed by atoms with Gasteiger partial charge in [-0.3, -0.25) is 12.0 Å². The van der Waals surface area contributed by atoms with E-state index in [0.717, 1.165) is 17.7 Å². The molecule has 1 aromatic carbocycles. The van der Waals surface area contributed by atoms with E-state index in [0.29, 0.717) is 6.54 Å². The summed E-state index contributed by atoms with van der Waals surface area (Å²) in [6.07, 6.45) is 0.740. The van der Waals surface area contributed by atoms with Crippen LogP contribution in [-0.2, 0) is 6.42 Å². The number of amidine groups is 1. The molecule has 0 amide bonds. The van der Waals surface area contributed by atoms with Gasteiger partial charge in [-0.1, -0.05) is 12.1 Å². The molecule has 0 aliphatic rings. The fourth-order valence-corrected chi connectivity index (χ4v) is 1.19. The van der Waals surface area contributed by atoms with Gasteiger partial charge in [-0.25, -0.2) is 0 Å². The van der Waals surface area contributed by atoms with Gasteiger partial charge in [-0.05, 0) is 31.2 Å². The van der Waals surface area contributed by atoms with Crippen molar-refractivity contribution in [2.45, 2.75) is 6.42 Å². The molecule has 0 radical (unpaired) electrons. The Morgan fingerprint density at radius 3 is 2.33 bits per heavy atom. The zero-order valence-electron chi connectivity index (χ0n) is 11.6. The molecule has 0 aromatic heterocycles. The SMILES string of the molecule is [CH2-]N(C)C([O-])=NCCc1ccc(OC)cc1.[Li+].[Li+]. The number of hydrogen-bond donors (Lipinski definition) is 0. The second-order valence-electron chi connectivity index (χ2n) is 3.46. The molecular weight excluding hydrogens is 218 g/mol. The van der Waals surface area contributed by atoms with Crippen LogP contribution < -0.4 is 47.6 Å². The molecule has 6 heteroatoms. The molecule has 0 atom stereocenters. The fraction of sp³-hybridized carbons (Fsp3) is 0.333. The fourth-order valence-electron chi connectivity index (χ4n) is 1.19. The number of ether oxygens (including phenoxy) is 1. The van der Waals surface area contributed by atoms with E-state index in [1.54, 1.807) is 14.2 Å². The van der Waals surface area contributed by atoms with Gasteiger partial charge in [0.15, 0.2) is 0 Å². The standard InChI is InChI=1S/C12H17N2O2.2Li/c1-14(2)12(15)13-9-8-10-4-6-11(16-3)7-5-10;;/h4-7H,1,8-9H2,2-3H3,(H,13,15);;/q-1;2*+1/p-1. The minimum Gasteiger partial charge on any atom is -0.848 e. The van der Waals surface area contributed by atoms with Gasteiger partial charge in [0.2, 0.25) is 0 Å². The quantitative estimate of drug-likeness (QED) is 0.226. The number of methoxy groups -OCH3 is 1. The largest absolute Gasteiger partial charge is 1.00 e. The van der Waals surface area contributed by atoms with Crippen molar-refractivity contribution in [1.29, 1.82) is 0 Å². The topological polar surface area (TPSA) is 47.9 Å². The van der Waals surface area contributed by atoms with Crippen molar-refractivity contribution in [3.63, 3.8) is 0 Å². The van der Waals surface area contributed by atoms with Gasteiger partial charge in [0.05, 0.1) is 7.11 Å². The predicted molar refractivity (Wildman–Crippen MR) is 62.1 cm³/mol. The molecule has 0 aliphatic carbocycles. The Labute approximate surface area is 133 Å². The van der Waals surface area contributed by atoms with Crippen LogP contribution in [0.15, 0.2) is 29.3 Å². The number of benzene rings is 1. The Morgan fingerprint density at radius 2 is 1.89 bits per heavy atom. The molecular formula is C12H16Li2N2O2. The van der Waals surface area contributed by atoms with Crippen molar-refractivity contribution in [3.8, 4) is 5.75 Å². The predicted octanol–water partition coefficient (Wildman–Crippen LogP) is -5.31. The van der Waals surface area contributed by atoms with Crippen molar-refractivity contribution < 1.29 is 47.6 Å². The molecule has 1 rings (SSSR count). The molecule has 1 aromatic rings. The molecule has 0 unspecified atom stereocenters. The zero-order chi connectivity index (χ0) is 12.0. The third kappa shape index (κ3) is 7.04. The molecule has 88 valence electrons. The summed E-state index contributed by atoms with van der Waals surface area (Å²) >= 11 is 0. The maximum atomic E-state index is 11.1. The van der Waals surface area contributed by atoms with Crippen LogP contribution >= 0.6 is 0 Å². The summed E-state index contributed by atoms with van der Waals surface area (Å²) in [7, 11) is 6.67. The Bertz CT molecular complexity index is 354. The van der Waals surface area contributed by atoms with E-state index in [1.165, 1.54) is 4.90 Å². The Kier molecular flexibility index (Phi) is 11.5. The second-order valence-corrected chi connectivity index (χ2v) is 3.46. The molecule has 0 N–H and O–H groups in total. The summed E-state index contributed by atoms with van der Waals surface area (Å²) in [4.78, 5) is 5.07. The van der Waals surface area contributed by atoms with Crippen LogP contribution in [0.1, 0.15) is 5.56 Å². The zero-order valence-corrected chi connectivity index (χ0v) is 11.6. The van der Waals surface area contributed by atoms with E-state index in [4.69, 9.17) is 4.74 Å². The van der Waals surface area contributed by atoms with Crippen LogP contribution in [0.4, 0.5) is 0 Å². The van der Waals surface area contributed by atoms with Crippen molar-refractivity contribution in [3.05, 3.63) is 36.9 Å². The van der Waals surface area contributed by atoms with Gasteiger partial charge >= 0.3 is 37.7 Å². The Balaban J connectivity index is 0. The van der Waals surface area contributed by atoms with Crippen LogP contribution in [0.2, 0.25) is 0 Å². The Hall–Kier alpha value is -0.515. The van der Waals surface area contributed by atoms with Gasteiger partial charge in [0.25, 0.3) is 0 Å². The Morgan fingerprint density at radius 1 is 1.33 bits per heavy atom. The van der Waals surface area contributed by atoms with E-state index >= 15 is 0 Å². The first kappa shape index (κ1) is 19.8. The smallest absolute Gasteiger partial charge is 0.848 e. The maximum Gasteiger partial charge on any atom is 1.00 e. The van der Waals surface area contributed by atoms with Crippen LogP contribution in [0, 0.1) is 7.05 Å². The van der Waals surface area contributed by atoms with Gasteiger partial charge in [0.1, 0.15) is 5.75 Å². The molecule has 0 heterocycles. The van der Waals surface area contributed by atoms with Gasteiger partial charge in [0, 0.05) is 12.6 Å². The molecule has 0 spiro atoms. The molecule has 0 aliphatic heterocycles. The molecule has 0 saturated carbocycles. The first-order valence-corrected chi connectivity index (χ1v) is 5.02. The van der Waals surface area contributed by atoms with E-state index in [-0.39, 0.29) is 43.7 Å². The summed E-state index contributed by atoms with van der Waals surface area (Å²) in [6.45, 7) is 0.477. The number of nitrogens with zero attached hydrogens (tertiary/aromatic N) is 2. The monoisotopic (exact) mass is 234 g/mol. The summed E-state index contributed by atoms with van der Waals surface area (Å²) in [6, 6.07) is 7.42. The molecule has 18 heavy (non-hydrogen) atoms. The van der Waals surface area contributed by atoms with Crippen molar-refractivity contribution in [2.75, 3.05) is 20.7 Å². The third-order valence-electron chi connectivity index (χ3n) is 2.13. The van der Waals surface area contributed by atoms with Crippen LogP contribution in [0.5, 0.6) is 5.75 Å². The van der Waals surface area contributed by atoms with Crippen molar-refractivity contribution >= 4 is 6.02 Å².